The van der Waals surface area contributed by atoms with Crippen molar-refractivity contribution >= 4 is 23.5 Å². The minimum absolute atomic E-state index is 0.195. The first kappa shape index (κ1) is 20.4. The molecule has 1 aliphatic heterocycles. The second-order valence-electron chi connectivity index (χ2n) is 4.20. The Balaban J connectivity index is 2.46. The number of rotatable bonds is 9. The fraction of sp³-hybridized carbons (Fsp3) is 1.00. The van der Waals surface area contributed by atoms with Gasteiger partial charge in [-0.2, -0.15) is 8.62 Å². The zero-order chi connectivity index (χ0) is 17.0. The summed E-state index contributed by atoms with van der Waals surface area (Å²) in [6.07, 6.45) is 0.392. The van der Waals surface area contributed by atoms with Crippen LogP contribution in [0.15, 0.2) is 0 Å². The van der Waals surface area contributed by atoms with E-state index in [4.69, 9.17) is 24.2 Å². The summed E-state index contributed by atoms with van der Waals surface area (Å²) in [5.41, 5.74) is 0. The van der Waals surface area contributed by atoms with Gasteiger partial charge in [0.2, 0.25) is 0 Å². The molecular weight excluding hydrogens is 369 g/mol. The highest BCUT2D eigenvalue weighted by atomic mass is 31.3. The Kier molecular flexibility index (Phi) is 7.35. The molecule has 4 unspecified atom stereocenters. The lowest BCUT2D eigenvalue weighted by Gasteiger charge is -2.17. The van der Waals surface area contributed by atoms with Crippen LogP contribution in [0, 0.1) is 0 Å². The Bertz CT molecular complexity index is 501. The van der Waals surface area contributed by atoms with Crippen LogP contribution >= 0.6 is 23.5 Å². The fourth-order valence-corrected chi connectivity index (χ4v) is 4.53. The van der Waals surface area contributed by atoms with Crippen molar-refractivity contribution in [1.29, 1.82) is 0 Å². The summed E-state index contributed by atoms with van der Waals surface area (Å²) in [7, 11) is -16.0. The van der Waals surface area contributed by atoms with E-state index in [0.29, 0.717) is 6.42 Å². The van der Waals surface area contributed by atoms with Crippen LogP contribution in [0.25, 0.3) is 0 Å². The van der Waals surface area contributed by atoms with Crippen LogP contribution in [0.2, 0.25) is 0 Å². The molecule has 132 valence electrons. The molecule has 15 heteroatoms. The Hall–Kier alpha value is 0.330. The van der Waals surface area contributed by atoms with Gasteiger partial charge in [-0.15, -0.1) is 0 Å². The van der Waals surface area contributed by atoms with Gasteiger partial charge in [0.25, 0.3) is 0 Å². The van der Waals surface area contributed by atoms with Crippen LogP contribution < -0.4 is 0 Å². The van der Waals surface area contributed by atoms with Crippen molar-refractivity contribution in [1.82, 2.24) is 0 Å². The predicted octanol–water partition coefficient (Wildman–Crippen LogP) is 0.871. The molecule has 1 heterocycles. The first-order valence-corrected chi connectivity index (χ1v) is 10.5. The van der Waals surface area contributed by atoms with Crippen LogP contribution in [0.1, 0.15) is 19.8 Å². The normalized spacial score (nSPS) is 28.2. The highest BCUT2D eigenvalue weighted by Crippen LogP contribution is 2.66. The van der Waals surface area contributed by atoms with Gasteiger partial charge >= 0.3 is 23.5 Å². The zero-order valence-electron chi connectivity index (χ0n) is 11.4. The Morgan fingerprint density at radius 2 is 1.73 bits per heavy atom. The van der Waals surface area contributed by atoms with E-state index in [2.05, 4.69) is 13.1 Å². The number of hydrogen-bond donors (Lipinski definition) is 4. The van der Waals surface area contributed by atoms with Gasteiger partial charge in [-0.1, -0.05) is 13.3 Å². The van der Waals surface area contributed by atoms with E-state index in [9.17, 15) is 18.6 Å². The van der Waals surface area contributed by atoms with E-state index in [1.165, 1.54) is 0 Å². The summed E-state index contributed by atoms with van der Waals surface area (Å²) in [5, 5.41) is 0. The van der Waals surface area contributed by atoms with E-state index in [-0.39, 0.29) is 12.7 Å². The van der Waals surface area contributed by atoms with Crippen LogP contribution in [0.5, 0.6) is 0 Å². The lowest BCUT2D eigenvalue weighted by molar-refractivity contribution is -0.0865. The maximum absolute atomic E-state index is 11.4. The second-order valence-corrected chi connectivity index (χ2v) is 8.62. The van der Waals surface area contributed by atoms with E-state index >= 15 is 0 Å². The Morgan fingerprint density at radius 3 is 2.27 bits per heavy atom. The van der Waals surface area contributed by atoms with E-state index in [1.807, 2.05) is 6.92 Å². The number of phosphoric acid groups is 3. The summed E-state index contributed by atoms with van der Waals surface area (Å²) in [4.78, 5) is 34.9. The van der Waals surface area contributed by atoms with E-state index < -0.39 is 36.4 Å². The topological polar surface area (TPSA) is 178 Å². The van der Waals surface area contributed by atoms with Crippen molar-refractivity contribution in [3.63, 3.8) is 0 Å². The Labute approximate surface area is 125 Å². The molecule has 4 N–H and O–H groups in total. The van der Waals surface area contributed by atoms with Crippen molar-refractivity contribution in [2.24, 2.45) is 0 Å². The Morgan fingerprint density at radius 1 is 1.09 bits per heavy atom. The first-order valence-electron chi connectivity index (χ1n) is 5.98. The molecule has 0 spiro atoms. The summed E-state index contributed by atoms with van der Waals surface area (Å²) in [5.74, 6) is 0. The third kappa shape index (κ3) is 8.26. The van der Waals surface area contributed by atoms with Crippen molar-refractivity contribution < 1.29 is 55.9 Å². The molecular formula is C7H17O12P3. The van der Waals surface area contributed by atoms with Gasteiger partial charge in [-0.25, -0.2) is 13.7 Å². The van der Waals surface area contributed by atoms with Crippen LogP contribution in [-0.4, -0.2) is 45.2 Å². The molecule has 0 saturated carbocycles. The van der Waals surface area contributed by atoms with Crippen LogP contribution in [0.4, 0.5) is 0 Å². The highest BCUT2D eigenvalue weighted by molar-refractivity contribution is 7.66. The molecule has 0 radical (unpaired) electrons. The number of hydrogen-bond acceptors (Lipinski definition) is 8. The first-order chi connectivity index (χ1) is 9.92. The van der Waals surface area contributed by atoms with E-state index in [0.717, 1.165) is 6.42 Å². The fourth-order valence-electron chi connectivity index (χ4n) is 1.53. The maximum atomic E-state index is 11.4. The third-order valence-electron chi connectivity index (χ3n) is 2.21. The molecule has 0 aromatic heterocycles. The van der Waals surface area contributed by atoms with Gasteiger partial charge in [-0.05, 0) is 6.42 Å². The lowest BCUT2D eigenvalue weighted by Crippen LogP contribution is -2.17. The summed E-state index contributed by atoms with van der Waals surface area (Å²) in [6.45, 7) is 1.60. The van der Waals surface area contributed by atoms with Gasteiger partial charge in [0, 0.05) is 0 Å². The highest BCUT2D eigenvalue weighted by Gasteiger charge is 2.41. The van der Waals surface area contributed by atoms with Gasteiger partial charge in [0.15, 0.2) is 6.29 Å². The molecule has 0 bridgehead atoms. The maximum Gasteiger partial charge on any atom is 0.490 e. The molecule has 1 aliphatic rings. The minimum atomic E-state index is -5.50. The third-order valence-corrected chi connectivity index (χ3v) is 6.02. The molecule has 1 fully saturated rings. The smallest absolute Gasteiger partial charge is 0.348 e. The number of phosphoric ester groups is 1. The van der Waals surface area contributed by atoms with Gasteiger partial charge in [0.1, 0.15) is 6.61 Å². The van der Waals surface area contributed by atoms with Gasteiger partial charge in [-0.3, -0.25) is 4.52 Å². The molecule has 1 saturated heterocycles. The molecule has 0 amide bonds. The lowest BCUT2D eigenvalue weighted by atomic mass is 10.2. The molecule has 4 atom stereocenters. The van der Waals surface area contributed by atoms with Crippen molar-refractivity contribution in [3.05, 3.63) is 0 Å². The quantitative estimate of drug-likeness (QED) is 0.412. The summed E-state index contributed by atoms with van der Waals surface area (Å²) in [6, 6.07) is 0. The molecule has 22 heavy (non-hydrogen) atoms. The van der Waals surface area contributed by atoms with Crippen LogP contribution in [-0.2, 0) is 36.3 Å². The monoisotopic (exact) mass is 386 g/mol. The molecule has 1 rings (SSSR count). The summed E-state index contributed by atoms with van der Waals surface area (Å²) < 4.78 is 54.8. The molecule has 0 aromatic carbocycles. The second kappa shape index (κ2) is 7.94. The molecule has 0 aromatic rings. The average Bonchev–Trinajstić information content (AvgIpc) is 2.70. The predicted molar refractivity (Wildman–Crippen MR) is 69.3 cm³/mol. The standard InChI is InChI=1S/C7H17O12P3/c1-2-3-6-4-15-7(17-6)5-16-21(11,12)19-22(13,14)18-20(8,9)10/h6-7H,2-5H2,1H3,(H,11,12)(H,13,14)(H2,8,9,10). The average molecular weight is 386 g/mol. The van der Waals surface area contributed by atoms with E-state index in [1.54, 1.807) is 0 Å². The number of ether oxygens (including phenoxy) is 2. The zero-order valence-corrected chi connectivity index (χ0v) is 14.1. The molecule has 12 nitrogen and oxygen atoms in total. The minimum Gasteiger partial charge on any atom is -0.348 e. The van der Waals surface area contributed by atoms with Crippen LogP contribution in [0.3, 0.4) is 0 Å². The summed E-state index contributed by atoms with van der Waals surface area (Å²) >= 11 is 0. The van der Waals surface area contributed by atoms with Crippen molar-refractivity contribution in [3.8, 4) is 0 Å². The van der Waals surface area contributed by atoms with Crippen molar-refractivity contribution in [2.45, 2.75) is 32.2 Å². The largest absolute Gasteiger partial charge is 0.490 e. The van der Waals surface area contributed by atoms with Gasteiger partial charge in [0.05, 0.1) is 12.7 Å². The SMILES string of the molecule is CCCC1COC(COP(=O)(O)OP(=O)(O)OP(=O)(O)O)O1. The van der Waals surface area contributed by atoms with Crippen molar-refractivity contribution in [2.75, 3.05) is 13.2 Å². The molecule has 0 aliphatic carbocycles. The van der Waals surface area contributed by atoms with Gasteiger partial charge < -0.3 is 29.0 Å².